The number of carbonyl (C=O) groups is 2. The van der Waals surface area contributed by atoms with Gasteiger partial charge >= 0.3 is 0 Å². The van der Waals surface area contributed by atoms with E-state index in [2.05, 4.69) is 5.32 Å². The Hall–Kier alpha value is -1.75. The number of rotatable bonds is 1. The number of imide groups is 1. The summed E-state index contributed by atoms with van der Waals surface area (Å²) in [6.07, 6.45) is 0.810. The number of alkyl halides is 1. The summed E-state index contributed by atoms with van der Waals surface area (Å²) in [5, 5.41) is 1.35. The van der Waals surface area contributed by atoms with Gasteiger partial charge < -0.3 is 9.47 Å². The third kappa shape index (κ3) is 2.14. The van der Waals surface area contributed by atoms with Gasteiger partial charge in [-0.1, -0.05) is 6.07 Å². The molecule has 2 unspecified atom stereocenters. The first kappa shape index (κ1) is 12.3. The monoisotopic (exact) mass is 281 g/mol. The van der Waals surface area contributed by atoms with Crippen molar-refractivity contribution in [3.63, 3.8) is 0 Å². The summed E-state index contributed by atoms with van der Waals surface area (Å²) >= 11 is 5.97. The lowest BCUT2D eigenvalue weighted by atomic mass is 9.97. The van der Waals surface area contributed by atoms with E-state index < -0.39 is 17.2 Å². The van der Waals surface area contributed by atoms with Crippen LogP contribution in [0.3, 0.4) is 0 Å². The van der Waals surface area contributed by atoms with Crippen LogP contribution in [0.15, 0.2) is 18.2 Å². The Labute approximate surface area is 114 Å². The average Bonchev–Trinajstić information content (AvgIpc) is 2.59. The van der Waals surface area contributed by atoms with E-state index >= 15 is 0 Å². The van der Waals surface area contributed by atoms with Gasteiger partial charge in [0.15, 0.2) is 11.5 Å². The third-order valence-electron chi connectivity index (χ3n) is 3.20. The van der Waals surface area contributed by atoms with Crippen molar-refractivity contribution >= 4 is 23.4 Å². The molecule has 2 heterocycles. The van der Waals surface area contributed by atoms with E-state index in [0.717, 1.165) is 6.42 Å². The molecule has 5 nitrogen and oxygen atoms in total. The SMILES string of the molecule is O=C1NC(=O)C(c2ccc3c(c2)OCCCO3)C1Cl. The Morgan fingerprint density at radius 1 is 1.11 bits per heavy atom. The van der Waals surface area contributed by atoms with E-state index in [4.69, 9.17) is 21.1 Å². The van der Waals surface area contributed by atoms with E-state index in [0.29, 0.717) is 30.3 Å². The predicted molar refractivity (Wildman–Crippen MR) is 67.6 cm³/mol. The lowest BCUT2D eigenvalue weighted by Gasteiger charge is -2.13. The van der Waals surface area contributed by atoms with E-state index in [-0.39, 0.29) is 5.91 Å². The number of benzene rings is 1. The molecular formula is C13H12ClNO4. The molecule has 2 aliphatic heterocycles. The maximum Gasteiger partial charge on any atom is 0.245 e. The van der Waals surface area contributed by atoms with Crippen molar-refractivity contribution in [2.45, 2.75) is 17.7 Å². The number of carbonyl (C=O) groups excluding carboxylic acids is 2. The summed E-state index contributed by atoms with van der Waals surface area (Å²) in [7, 11) is 0. The van der Waals surface area contributed by atoms with Crippen LogP contribution in [0.1, 0.15) is 17.9 Å². The maximum absolute atomic E-state index is 11.7. The van der Waals surface area contributed by atoms with Gasteiger partial charge in [0.2, 0.25) is 11.8 Å². The molecule has 1 aromatic carbocycles. The topological polar surface area (TPSA) is 64.6 Å². The summed E-state index contributed by atoms with van der Waals surface area (Å²) in [4.78, 5) is 23.1. The summed E-state index contributed by atoms with van der Waals surface area (Å²) < 4.78 is 11.1. The second-order valence-electron chi connectivity index (χ2n) is 4.49. The van der Waals surface area contributed by atoms with E-state index in [1.807, 2.05) is 0 Å². The Morgan fingerprint density at radius 3 is 2.53 bits per heavy atom. The smallest absolute Gasteiger partial charge is 0.245 e. The first-order chi connectivity index (χ1) is 9.16. The summed E-state index contributed by atoms with van der Waals surface area (Å²) in [5.74, 6) is -0.266. The molecule has 0 aromatic heterocycles. The first-order valence-electron chi connectivity index (χ1n) is 6.05. The highest BCUT2D eigenvalue weighted by Crippen LogP contribution is 2.36. The van der Waals surface area contributed by atoms with Crippen molar-refractivity contribution in [2.75, 3.05) is 13.2 Å². The first-order valence-corrected chi connectivity index (χ1v) is 6.49. The number of hydrogen-bond donors (Lipinski definition) is 1. The standard InChI is InChI=1S/C13H12ClNO4/c14-11-10(12(16)15-13(11)17)7-2-3-8-9(6-7)19-5-1-4-18-8/h2-3,6,10-11H,1,4-5H2,(H,15,16,17). The molecule has 0 bridgehead atoms. The number of ether oxygens (including phenoxy) is 2. The molecule has 1 saturated heterocycles. The van der Waals surface area contributed by atoms with Crippen LogP contribution in [-0.2, 0) is 9.59 Å². The molecule has 2 amide bonds. The van der Waals surface area contributed by atoms with Crippen molar-refractivity contribution in [1.82, 2.24) is 5.32 Å². The van der Waals surface area contributed by atoms with Crippen molar-refractivity contribution in [1.29, 1.82) is 0 Å². The molecule has 0 spiro atoms. The quantitative estimate of drug-likeness (QED) is 0.620. The van der Waals surface area contributed by atoms with Crippen LogP contribution < -0.4 is 14.8 Å². The molecule has 1 N–H and O–H groups in total. The number of halogens is 1. The lowest BCUT2D eigenvalue weighted by Crippen LogP contribution is -2.22. The van der Waals surface area contributed by atoms with E-state index in [9.17, 15) is 9.59 Å². The number of amides is 2. The van der Waals surface area contributed by atoms with Gasteiger partial charge in [-0.15, -0.1) is 11.6 Å². The van der Waals surface area contributed by atoms with Crippen LogP contribution in [0.4, 0.5) is 0 Å². The third-order valence-corrected chi connectivity index (χ3v) is 3.65. The van der Waals surface area contributed by atoms with E-state index in [1.54, 1.807) is 18.2 Å². The van der Waals surface area contributed by atoms with Crippen LogP contribution in [0.25, 0.3) is 0 Å². The molecule has 1 fully saturated rings. The minimum absolute atomic E-state index is 0.375. The molecule has 3 rings (SSSR count). The molecule has 2 aliphatic rings. The van der Waals surface area contributed by atoms with Crippen LogP contribution >= 0.6 is 11.6 Å². The van der Waals surface area contributed by atoms with Gasteiger partial charge in [0.1, 0.15) is 5.38 Å². The largest absolute Gasteiger partial charge is 0.490 e. The van der Waals surface area contributed by atoms with Gasteiger partial charge in [0.25, 0.3) is 0 Å². The van der Waals surface area contributed by atoms with Gasteiger partial charge in [-0.25, -0.2) is 0 Å². The molecule has 100 valence electrons. The highest BCUT2D eigenvalue weighted by molar-refractivity contribution is 6.37. The molecular weight excluding hydrogens is 270 g/mol. The molecule has 6 heteroatoms. The normalized spacial score (nSPS) is 25.9. The number of fused-ring (bicyclic) bond motifs is 1. The molecule has 2 atom stereocenters. The summed E-state index contributed by atoms with van der Waals surface area (Å²) in [6.45, 7) is 1.17. The minimum atomic E-state index is -0.878. The highest BCUT2D eigenvalue weighted by atomic mass is 35.5. The van der Waals surface area contributed by atoms with Crippen molar-refractivity contribution in [3.05, 3.63) is 23.8 Å². The molecule has 19 heavy (non-hydrogen) atoms. The molecule has 0 saturated carbocycles. The van der Waals surface area contributed by atoms with Crippen LogP contribution in [-0.4, -0.2) is 30.4 Å². The molecule has 0 radical (unpaired) electrons. The maximum atomic E-state index is 11.7. The second-order valence-corrected chi connectivity index (χ2v) is 4.96. The lowest BCUT2D eigenvalue weighted by molar-refractivity contribution is -0.125. The van der Waals surface area contributed by atoms with Crippen LogP contribution in [0.2, 0.25) is 0 Å². The zero-order valence-electron chi connectivity index (χ0n) is 10.0. The predicted octanol–water partition coefficient (Wildman–Crippen LogP) is 1.20. The Balaban J connectivity index is 1.96. The Kier molecular flexibility index (Phi) is 3.06. The highest BCUT2D eigenvalue weighted by Gasteiger charge is 2.41. The van der Waals surface area contributed by atoms with Crippen LogP contribution in [0, 0.1) is 0 Å². The second kappa shape index (κ2) is 4.74. The molecule has 0 aliphatic carbocycles. The van der Waals surface area contributed by atoms with Gasteiger partial charge in [-0.05, 0) is 17.7 Å². The van der Waals surface area contributed by atoms with Gasteiger partial charge in [-0.2, -0.15) is 0 Å². The minimum Gasteiger partial charge on any atom is -0.490 e. The van der Waals surface area contributed by atoms with Crippen molar-refractivity contribution < 1.29 is 19.1 Å². The summed E-state index contributed by atoms with van der Waals surface area (Å²) in [5.41, 5.74) is 0.660. The molecule has 1 aromatic rings. The number of hydrogen-bond acceptors (Lipinski definition) is 4. The van der Waals surface area contributed by atoms with Crippen molar-refractivity contribution in [2.24, 2.45) is 0 Å². The van der Waals surface area contributed by atoms with Crippen LogP contribution in [0.5, 0.6) is 11.5 Å². The Bertz CT molecular complexity index is 545. The fourth-order valence-corrected chi connectivity index (χ4v) is 2.56. The summed E-state index contributed by atoms with van der Waals surface area (Å²) in [6, 6.07) is 5.21. The number of nitrogens with one attached hydrogen (secondary N) is 1. The average molecular weight is 282 g/mol. The zero-order valence-corrected chi connectivity index (χ0v) is 10.8. The van der Waals surface area contributed by atoms with Gasteiger partial charge in [0.05, 0.1) is 19.1 Å². The van der Waals surface area contributed by atoms with Crippen molar-refractivity contribution in [3.8, 4) is 11.5 Å². The van der Waals surface area contributed by atoms with Gasteiger partial charge in [-0.3, -0.25) is 14.9 Å². The van der Waals surface area contributed by atoms with E-state index in [1.165, 1.54) is 0 Å². The Morgan fingerprint density at radius 2 is 1.84 bits per heavy atom. The fraction of sp³-hybridized carbons (Fsp3) is 0.385. The fourth-order valence-electron chi connectivity index (χ4n) is 2.25. The zero-order chi connectivity index (χ0) is 13.4. The van der Waals surface area contributed by atoms with Gasteiger partial charge in [0, 0.05) is 6.42 Å².